The van der Waals surface area contributed by atoms with Crippen LogP contribution in [0.5, 0.6) is 11.9 Å². The number of benzene rings is 2. The standard InChI is InChI=1S/C24H26N4O7S/c1-33-22-16-20(26-24(27-22)34-2)28-36(31,32)19-10-8-18(9-11-19)25-21(29)12-13-23(30)35-15-14-17-6-4-3-5-7-17/h3-11,16H,12-15H2,1-2H3,(H,25,29)(H,26,27,28). The van der Waals surface area contributed by atoms with Gasteiger partial charge < -0.3 is 19.5 Å². The Labute approximate surface area is 208 Å². The van der Waals surface area contributed by atoms with Gasteiger partial charge in [-0.15, -0.1) is 0 Å². The lowest BCUT2D eigenvalue weighted by Crippen LogP contribution is -2.16. The molecule has 0 atom stereocenters. The van der Waals surface area contributed by atoms with Crippen LogP contribution < -0.4 is 19.5 Å². The van der Waals surface area contributed by atoms with Crippen LogP contribution in [-0.2, 0) is 30.8 Å². The Bertz CT molecular complexity index is 1260. The van der Waals surface area contributed by atoms with Crippen molar-refractivity contribution >= 4 is 33.4 Å². The number of ether oxygens (including phenoxy) is 3. The Morgan fingerprint density at radius 2 is 1.64 bits per heavy atom. The van der Waals surface area contributed by atoms with Crippen molar-refractivity contribution < 1.29 is 32.2 Å². The zero-order valence-corrected chi connectivity index (χ0v) is 20.6. The van der Waals surface area contributed by atoms with Gasteiger partial charge in [0.1, 0.15) is 0 Å². The molecule has 12 heteroatoms. The molecule has 0 unspecified atom stereocenters. The summed E-state index contributed by atoms with van der Waals surface area (Å²) in [4.78, 5) is 31.8. The highest BCUT2D eigenvalue weighted by Crippen LogP contribution is 2.21. The molecule has 190 valence electrons. The van der Waals surface area contributed by atoms with Gasteiger partial charge in [0.25, 0.3) is 10.0 Å². The summed E-state index contributed by atoms with van der Waals surface area (Å²) in [5.74, 6) is -0.778. The maximum Gasteiger partial charge on any atom is 0.321 e. The summed E-state index contributed by atoms with van der Waals surface area (Å²) in [5.41, 5.74) is 1.43. The van der Waals surface area contributed by atoms with Crippen molar-refractivity contribution in [1.82, 2.24) is 9.97 Å². The molecule has 1 aromatic heterocycles. The number of methoxy groups -OCH3 is 2. The second-order valence-electron chi connectivity index (χ2n) is 7.42. The summed E-state index contributed by atoms with van der Waals surface area (Å²) in [7, 11) is -1.26. The molecule has 0 saturated carbocycles. The van der Waals surface area contributed by atoms with E-state index >= 15 is 0 Å². The quantitative estimate of drug-likeness (QED) is 0.348. The average molecular weight is 515 g/mol. The maximum atomic E-state index is 12.7. The predicted molar refractivity (Wildman–Crippen MR) is 131 cm³/mol. The van der Waals surface area contributed by atoms with Crippen LogP contribution in [0.4, 0.5) is 11.5 Å². The molecule has 3 aromatic rings. The first-order valence-corrected chi connectivity index (χ1v) is 12.4. The summed E-state index contributed by atoms with van der Waals surface area (Å²) in [6.07, 6.45) is 0.465. The first kappa shape index (κ1) is 26.4. The molecule has 2 aromatic carbocycles. The van der Waals surface area contributed by atoms with Crippen molar-refractivity contribution in [3.8, 4) is 11.9 Å². The largest absolute Gasteiger partial charge is 0.481 e. The molecule has 0 spiro atoms. The fourth-order valence-electron chi connectivity index (χ4n) is 3.00. The number of esters is 1. The van der Waals surface area contributed by atoms with Crippen molar-refractivity contribution in [2.75, 3.05) is 30.9 Å². The van der Waals surface area contributed by atoms with E-state index in [2.05, 4.69) is 20.0 Å². The minimum Gasteiger partial charge on any atom is -0.481 e. The number of nitrogens with one attached hydrogen (secondary N) is 2. The van der Waals surface area contributed by atoms with E-state index in [0.717, 1.165) is 5.56 Å². The molecule has 3 rings (SSSR count). The molecule has 0 aliphatic rings. The third-order valence-corrected chi connectivity index (χ3v) is 6.18. The monoisotopic (exact) mass is 514 g/mol. The summed E-state index contributed by atoms with van der Waals surface area (Å²) in [5, 5.41) is 2.62. The highest BCUT2D eigenvalue weighted by atomic mass is 32.2. The number of nitrogens with zero attached hydrogens (tertiary/aromatic N) is 2. The summed E-state index contributed by atoms with van der Waals surface area (Å²) < 4.78 is 42.8. The van der Waals surface area contributed by atoms with Crippen LogP contribution in [0.1, 0.15) is 18.4 Å². The van der Waals surface area contributed by atoms with Gasteiger partial charge in [0.15, 0.2) is 5.82 Å². The lowest BCUT2D eigenvalue weighted by molar-refractivity contribution is -0.144. The third-order valence-electron chi connectivity index (χ3n) is 4.81. The van der Waals surface area contributed by atoms with Crippen molar-refractivity contribution in [3.63, 3.8) is 0 Å². The molecule has 11 nitrogen and oxygen atoms in total. The maximum absolute atomic E-state index is 12.7. The molecule has 36 heavy (non-hydrogen) atoms. The SMILES string of the molecule is COc1cc(NS(=O)(=O)c2ccc(NC(=O)CCC(=O)OCCc3ccccc3)cc2)nc(OC)n1. The van der Waals surface area contributed by atoms with Crippen molar-refractivity contribution in [1.29, 1.82) is 0 Å². The van der Waals surface area contributed by atoms with Gasteiger partial charge in [-0.1, -0.05) is 30.3 Å². The number of carbonyl (C=O) groups is 2. The van der Waals surface area contributed by atoms with Crippen molar-refractivity contribution in [2.45, 2.75) is 24.2 Å². The minimum absolute atomic E-state index is 0.0354. The van der Waals surface area contributed by atoms with Crippen LogP contribution in [0.25, 0.3) is 0 Å². The highest BCUT2D eigenvalue weighted by Gasteiger charge is 2.17. The number of anilines is 2. The number of rotatable bonds is 12. The number of amides is 1. The Morgan fingerprint density at radius 1 is 0.917 bits per heavy atom. The molecule has 0 aliphatic heterocycles. The first-order chi connectivity index (χ1) is 17.3. The van der Waals surface area contributed by atoms with Crippen LogP contribution in [0.3, 0.4) is 0 Å². The van der Waals surface area contributed by atoms with E-state index in [1.54, 1.807) is 0 Å². The van der Waals surface area contributed by atoms with E-state index in [1.807, 2.05) is 30.3 Å². The zero-order chi connectivity index (χ0) is 26.0. The Balaban J connectivity index is 1.48. The first-order valence-electron chi connectivity index (χ1n) is 10.9. The number of sulfonamides is 1. The van der Waals surface area contributed by atoms with Gasteiger partial charge in [0.05, 0.1) is 32.1 Å². The number of hydrogen-bond donors (Lipinski definition) is 2. The molecule has 1 amide bonds. The molecule has 0 saturated heterocycles. The van der Waals surface area contributed by atoms with Gasteiger partial charge >= 0.3 is 12.0 Å². The van der Waals surface area contributed by atoms with Crippen LogP contribution in [0.2, 0.25) is 0 Å². The lowest BCUT2D eigenvalue weighted by atomic mass is 10.2. The van der Waals surface area contributed by atoms with E-state index in [-0.39, 0.29) is 42.1 Å². The zero-order valence-electron chi connectivity index (χ0n) is 19.8. The van der Waals surface area contributed by atoms with E-state index in [9.17, 15) is 18.0 Å². The van der Waals surface area contributed by atoms with Crippen LogP contribution in [0.15, 0.2) is 65.6 Å². The molecule has 2 N–H and O–H groups in total. The van der Waals surface area contributed by atoms with Gasteiger partial charge in [0, 0.05) is 24.6 Å². The van der Waals surface area contributed by atoms with Crippen LogP contribution in [-0.4, -0.2) is 51.1 Å². The second kappa shape index (κ2) is 12.5. The third kappa shape index (κ3) is 7.94. The summed E-state index contributed by atoms with van der Waals surface area (Å²) >= 11 is 0. The second-order valence-corrected chi connectivity index (χ2v) is 9.10. The molecule has 1 heterocycles. The van der Waals surface area contributed by atoms with Crippen LogP contribution >= 0.6 is 0 Å². The summed E-state index contributed by atoms with van der Waals surface area (Å²) in [6.45, 7) is 0.239. The average Bonchev–Trinajstić information content (AvgIpc) is 2.88. The summed E-state index contributed by atoms with van der Waals surface area (Å²) in [6, 6.07) is 16.4. The fourth-order valence-corrected chi connectivity index (χ4v) is 4.00. The smallest absolute Gasteiger partial charge is 0.321 e. The molecule has 0 fully saturated rings. The number of aromatic nitrogens is 2. The van der Waals surface area contributed by atoms with Gasteiger partial charge in [0.2, 0.25) is 11.8 Å². The number of carbonyl (C=O) groups excluding carboxylic acids is 2. The van der Waals surface area contributed by atoms with Crippen LogP contribution in [0, 0.1) is 0 Å². The van der Waals surface area contributed by atoms with E-state index in [4.69, 9.17) is 14.2 Å². The fraction of sp³-hybridized carbons (Fsp3) is 0.250. The molecular weight excluding hydrogens is 488 g/mol. The normalized spacial score (nSPS) is 10.8. The molecule has 0 aliphatic carbocycles. The van der Waals surface area contributed by atoms with Gasteiger partial charge in [-0.25, -0.2) is 8.42 Å². The Kier molecular flexibility index (Phi) is 9.17. The lowest BCUT2D eigenvalue weighted by Gasteiger charge is -2.10. The van der Waals surface area contributed by atoms with E-state index in [1.165, 1.54) is 44.6 Å². The van der Waals surface area contributed by atoms with Gasteiger partial charge in [-0.3, -0.25) is 14.3 Å². The molecular formula is C24H26N4O7S. The Morgan fingerprint density at radius 3 is 2.31 bits per heavy atom. The predicted octanol–water partition coefficient (Wildman–Crippen LogP) is 2.80. The molecule has 0 radical (unpaired) electrons. The molecule has 0 bridgehead atoms. The van der Waals surface area contributed by atoms with Crippen molar-refractivity contribution in [3.05, 3.63) is 66.2 Å². The Hall–Kier alpha value is -4.19. The topological polar surface area (TPSA) is 146 Å². The number of hydrogen-bond acceptors (Lipinski definition) is 9. The van der Waals surface area contributed by atoms with Gasteiger partial charge in [-0.2, -0.15) is 9.97 Å². The van der Waals surface area contributed by atoms with E-state index in [0.29, 0.717) is 12.1 Å². The minimum atomic E-state index is -3.98. The van der Waals surface area contributed by atoms with E-state index < -0.39 is 21.9 Å². The highest BCUT2D eigenvalue weighted by molar-refractivity contribution is 7.92. The van der Waals surface area contributed by atoms with Gasteiger partial charge in [-0.05, 0) is 29.8 Å². The van der Waals surface area contributed by atoms with Crippen molar-refractivity contribution in [2.24, 2.45) is 0 Å².